The lowest BCUT2D eigenvalue weighted by Gasteiger charge is -2.02. The Labute approximate surface area is 90.1 Å². The highest BCUT2D eigenvalue weighted by atomic mass is 15.1. The highest BCUT2D eigenvalue weighted by Gasteiger charge is 2.06. The van der Waals surface area contributed by atoms with E-state index < -0.39 is 0 Å². The number of aromatic nitrogens is 2. The van der Waals surface area contributed by atoms with Gasteiger partial charge in [0.2, 0.25) is 0 Å². The fourth-order valence-electron chi connectivity index (χ4n) is 1.75. The largest absolute Gasteiger partial charge is 0.330 e. The van der Waals surface area contributed by atoms with Crippen molar-refractivity contribution in [2.24, 2.45) is 7.05 Å². The molecule has 0 radical (unpaired) electrons. The molecule has 15 heavy (non-hydrogen) atoms. The molecule has 0 amide bonds. The number of aryl methyl sites for hydroxylation is 2. The van der Waals surface area contributed by atoms with Gasteiger partial charge in [-0.25, -0.2) is 4.98 Å². The van der Waals surface area contributed by atoms with E-state index in [-0.39, 0.29) is 0 Å². The summed E-state index contributed by atoms with van der Waals surface area (Å²) >= 11 is 0. The molecule has 0 saturated carbocycles. The molecule has 0 unspecified atom stereocenters. The maximum Gasteiger partial charge on any atom is 0.123 e. The third-order valence-corrected chi connectivity index (χ3v) is 2.66. The third-order valence-electron chi connectivity index (χ3n) is 2.66. The summed E-state index contributed by atoms with van der Waals surface area (Å²) < 4.78 is 2.15. The number of fused-ring (bicyclic) bond motifs is 1. The van der Waals surface area contributed by atoms with Crippen molar-refractivity contribution in [1.82, 2.24) is 14.9 Å². The van der Waals surface area contributed by atoms with Crippen molar-refractivity contribution < 1.29 is 0 Å². The maximum atomic E-state index is 4.61. The Bertz CT molecular complexity index is 471. The van der Waals surface area contributed by atoms with Gasteiger partial charge >= 0.3 is 0 Å². The van der Waals surface area contributed by atoms with Gasteiger partial charge in [-0.1, -0.05) is 13.0 Å². The Morgan fingerprint density at radius 1 is 1.40 bits per heavy atom. The lowest BCUT2D eigenvalue weighted by molar-refractivity contribution is 0.667. The standard InChI is InChI=1S/C12H17N3/c1-4-13-8-12-14-10-7-9(2)5-6-11(10)15(12)3/h5-7,13H,4,8H2,1-3H3. The minimum absolute atomic E-state index is 0.834. The summed E-state index contributed by atoms with van der Waals surface area (Å²) in [7, 11) is 2.07. The molecule has 0 fully saturated rings. The number of hydrogen-bond acceptors (Lipinski definition) is 2. The van der Waals surface area contributed by atoms with Crippen LogP contribution in [-0.4, -0.2) is 16.1 Å². The van der Waals surface area contributed by atoms with Crippen molar-refractivity contribution >= 4 is 11.0 Å². The molecule has 1 aromatic carbocycles. The van der Waals surface area contributed by atoms with Gasteiger partial charge in [-0.2, -0.15) is 0 Å². The van der Waals surface area contributed by atoms with Crippen molar-refractivity contribution in [1.29, 1.82) is 0 Å². The minimum Gasteiger partial charge on any atom is -0.330 e. The average Bonchev–Trinajstić information content (AvgIpc) is 2.52. The number of rotatable bonds is 3. The second-order valence-corrected chi connectivity index (χ2v) is 3.86. The van der Waals surface area contributed by atoms with Crippen LogP contribution >= 0.6 is 0 Å². The highest BCUT2D eigenvalue weighted by molar-refractivity contribution is 5.76. The molecule has 0 aliphatic rings. The molecule has 0 aliphatic carbocycles. The number of benzene rings is 1. The lowest BCUT2D eigenvalue weighted by Crippen LogP contribution is -2.15. The van der Waals surface area contributed by atoms with Crippen LogP contribution in [0.25, 0.3) is 11.0 Å². The number of hydrogen-bond donors (Lipinski definition) is 1. The summed E-state index contributed by atoms with van der Waals surface area (Å²) in [5.41, 5.74) is 3.55. The Kier molecular flexibility index (Phi) is 2.73. The minimum atomic E-state index is 0.834. The monoisotopic (exact) mass is 203 g/mol. The van der Waals surface area contributed by atoms with E-state index in [1.807, 2.05) is 0 Å². The Morgan fingerprint density at radius 2 is 2.20 bits per heavy atom. The molecule has 1 heterocycles. The Hall–Kier alpha value is -1.35. The predicted octanol–water partition coefficient (Wildman–Crippen LogP) is 1.99. The van der Waals surface area contributed by atoms with Crippen LogP contribution in [0.2, 0.25) is 0 Å². The van der Waals surface area contributed by atoms with Crippen LogP contribution in [0.5, 0.6) is 0 Å². The lowest BCUT2D eigenvalue weighted by atomic mass is 10.2. The van der Waals surface area contributed by atoms with Gasteiger partial charge in [0.05, 0.1) is 17.6 Å². The van der Waals surface area contributed by atoms with Crippen LogP contribution in [0, 0.1) is 6.92 Å². The number of imidazole rings is 1. The second-order valence-electron chi connectivity index (χ2n) is 3.86. The molecule has 1 aromatic heterocycles. The first-order chi connectivity index (χ1) is 7.22. The van der Waals surface area contributed by atoms with E-state index in [0.29, 0.717) is 0 Å². The van der Waals surface area contributed by atoms with Crippen LogP contribution in [-0.2, 0) is 13.6 Å². The van der Waals surface area contributed by atoms with E-state index in [4.69, 9.17) is 0 Å². The molecule has 0 aliphatic heterocycles. The molecule has 0 saturated heterocycles. The van der Waals surface area contributed by atoms with E-state index in [9.17, 15) is 0 Å². The van der Waals surface area contributed by atoms with Gasteiger partial charge in [-0.3, -0.25) is 0 Å². The number of nitrogens with zero attached hydrogens (tertiary/aromatic N) is 2. The van der Waals surface area contributed by atoms with E-state index in [1.54, 1.807) is 0 Å². The molecule has 3 heteroatoms. The van der Waals surface area contributed by atoms with Gasteiger partial charge in [0.15, 0.2) is 0 Å². The first-order valence-electron chi connectivity index (χ1n) is 5.35. The van der Waals surface area contributed by atoms with Crippen LogP contribution in [0.3, 0.4) is 0 Å². The summed E-state index contributed by atoms with van der Waals surface area (Å²) in [4.78, 5) is 4.61. The van der Waals surface area contributed by atoms with Crippen LogP contribution in [0.4, 0.5) is 0 Å². The normalized spacial score (nSPS) is 11.1. The van der Waals surface area contributed by atoms with Crippen LogP contribution in [0.15, 0.2) is 18.2 Å². The van der Waals surface area contributed by atoms with Gasteiger partial charge in [-0.15, -0.1) is 0 Å². The smallest absolute Gasteiger partial charge is 0.123 e. The zero-order valence-corrected chi connectivity index (χ0v) is 9.54. The fourth-order valence-corrected chi connectivity index (χ4v) is 1.75. The summed E-state index contributed by atoms with van der Waals surface area (Å²) in [5, 5.41) is 3.30. The fraction of sp³-hybridized carbons (Fsp3) is 0.417. The molecule has 3 nitrogen and oxygen atoms in total. The van der Waals surface area contributed by atoms with Crippen molar-refractivity contribution in [3.8, 4) is 0 Å². The van der Waals surface area contributed by atoms with Crippen molar-refractivity contribution in [2.75, 3.05) is 6.54 Å². The summed E-state index contributed by atoms with van der Waals surface area (Å²) in [6, 6.07) is 6.39. The van der Waals surface area contributed by atoms with E-state index in [1.165, 1.54) is 11.1 Å². The molecule has 1 N–H and O–H groups in total. The summed E-state index contributed by atoms with van der Waals surface area (Å²) in [5.74, 6) is 1.09. The Balaban J connectivity index is 2.44. The number of nitrogens with one attached hydrogen (secondary N) is 1. The quantitative estimate of drug-likeness (QED) is 0.826. The van der Waals surface area contributed by atoms with Gasteiger partial charge in [0.25, 0.3) is 0 Å². The second kappa shape index (κ2) is 4.03. The Morgan fingerprint density at radius 3 is 2.93 bits per heavy atom. The third kappa shape index (κ3) is 1.88. The van der Waals surface area contributed by atoms with E-state index >= 15 is 0 Å². The van der Waals surface area contributed by atoms with Crippen LogP contribution in [0.1, 0.15) is 18.3 Å². The van der Waals surface area contributed by atoms with E-state index in [0.717, 1.165) is 24.4 Å². The highest BCUT2D eigenvalue weighted by Crippen LogP contribution is 2.16. The van der Waals surface area contributed by atoms with E-state index in [2.05, 4.69) is 54.0 Å². The summed E-state index contributed by atoms with van der Waals surface area (Å²) in [6.07, 6.45) is 0. The van der Waals surface area contributed by atoms with Crippen molar-refractivity contribution in [2.45, 2.75) is 20.4 Å². The molecule has 2 aromatic rings. The average molecular weight is 203 g/mol. The van der Waals surface area contributed by atoms with Gasteiger partial charge in [-0.05, 0) is 31.2 Å². The van der Waals surface area contributed by atoms with Gasteiger partial charge in [0.1, 0.15) is 5.82 Å². The molecule has 80 valence electrons. The molecule has 0 atom stereocenters. The molecular formula is C12H17N3. The maximum absolute atomic E-state index is 4.61. The van der Waals surface area contributed by atoms with Gasteiger partial charge in [0, 0.05) is 7.05 Å². The predicted molar refractivity (Wildman–Crippen MR) is 62.8 cm³/mol. The molecule has 0 spiro atoms. The summed E-state index contributed by atoms with van der Waals surface area (Å²) in [6.45, 7) is 6.01. The SMILES string of the molecule is CCNCc1nc2cc(C)ccc2n1C. The zero-order chi connectivity index (χ0) is 10.8. The zero-order valence-electron chi connectivity index (χ0n) is 9.54. The van der Waals surface area contributed by atoms with Crippen LogP contribution < -0.4 is 5.32 Å². The topological polar surface area (TPSA) is 29.9 Å². The van der Waals surface area contributed by atoms with Crippen molar-refractivity contribution in [3.63, 3.8) is 0 Å². The molecule has 2 rings (SSSR count). The molecular weight excluding hydrogens is 186 g/mol. The van der Waals surface area contributed by atoms with Crippen molar-refractivity contribution in [3.05, 3.63) is 29.6 Å². The molecule has 0 bridgehead atoms. The first kappa shape index (κ1) is 10.2. The van der Waals surface area contributed by atoms with Gasteiger partial charge < -0.3 is 9.88 Å². The first-order valence-corrected chi connectivity index (χ1v) is 5.35.